The highest BCUT2D eigenvalue weighted by molar-refractivity contribution is 5.97. The molecule has 9 heteroatoms. The first kappa shape index (κ1) is 24.0. The maximum atomic E-state index is 12.9. The van der Waals surface area contributed by atoms with E-state index in [0.717, 1.165) is 55.4 Å². The molecule has 0 atom stereocenters. The molecule has 1 N–H and O–H groups in total. The Morgan fingerprint density at radius 1 is 1.18 bits per heavy atom. The largest absolute Gasteiger partial charge is 0.471 e. The number of likely N-dealkylation sites (tertiary alicyclic amines) is 1. The molecule has 4 rings (SSSR count). The minimum Gasteiger partial charge on any atom is -0.342 e. The fraction of sp³-hybridized carbons (Fsp3) is 0.480. The van der Waals surface area contributed by atoms with Crippen LogP contribution in [0.1, 0.15) is 61.3 Å². The van der Waals surface area contributed by atoms with E-state index in [1.807, 2.05) is 28.8 Å². The number of nitrogens with zero attached hydrogens (tertiary/aromatic N) is 3. The SMILES string of the molecule is Cn1cnc(CC(=O)N2CCC(c3ccc(NC(=O)C(F)(F)F)c(C4=CCCCC4)c3)CC2)c1. The van der Waals surface area contributed by atoms with Crippen LogP contribution in [0.15, 0.2) is 36.8 Å². The number of amides is 2. The van der Waals surface area contributed by atoms with E-state index in [1.54, 1.807) is 18.5 Å². The van der Waals surface area contributed by atoms with Crippen LogP contribution >= 0.6 is 0 Å². The molecule has 34 heavy (non-hydrogen) atoms. The van der Waals surface area contributed by atoms with Crippen molar-refractivity contribution in [2.75, 3.05) is 18.4 Å². The topological polar surface area (TPSA) is 67.2 Å². The number of carbonyl (C=O) groups is 2. The summed E-state index contributed by atoms with van der Waals surface area (Å²) in [7, 11) is 1.86. The van der Waals surface area contributed by atoms with Crippen LogP contribution in [0.5, 0.6) is 0 Å². The normalized spacial score (nSPS) is 17.4. The summed E-state index contributed by atoms with van der Waals surface area (Å²) >= 11 is 0. The average Bonchev–Trinajstić information content (AvgIpc) is 3.23. The summed E-state index contributed by atoms with van der Waals surface area (Å²) < 4.78 is 40.4. The lowest BCUT2D eigenvalue weighted by Crippen LogP contribution is -2.38. The number of rotatable bonds is 5. The van der Waals surface area contributed by atoms with Gasteiger partial charge in [-0.05, 0) is 67.7 Å². The number of alkyl halides is 3. The predicted molar refractivity (Wildman–Crippen MR) is 123 cm³/mol. The summed E-state index contributed by atoms with van der Waals surface area (Å²) in [5, 5.41) is 2.06. The van der Waals surface area contributed by atoms with Crippen molar-refractivity contribution >= 4 is 23.1 Å². The van der Waals surface area contributed by atoms with Crippen molar-refractivity contribution in [1.82, 2.24) is 14.5 Å². The molecule has 2 aromatic rings. The molecule has 2 amide bonds. The molecule has 1 fully saturated rings. The van der Waals surface area contributed by atoms with E-state index < -0.39 is 12.1 Å². The molecule has 1 aromatic heterocycles. The smallest absolute Gasteiger partial charge is 0.342 e. The second-order valence-corrected chi connectivity index (χ2v) is 9.09. The Morgan fingerprint density at radius 2 is 1.94 bits per heavy atom. The zero-order valence-electron chi connectivity index (χ0n) is 19.2. The Bertz CT molecular complexity index is 1080. The van der Waals surface area contributed by atoms with Crippen molar-refractivity contribution in [2.24, 2.45) is 7.05 Å². The molecule has 2 heterocycles. The molecule has 182 valence electrons. The van der Waals surface area contributed by atoms with Crippen molar-refractivity contribution in [2.45, 2.75) is 57.0 Å². The van der Waals surface area contributed by atoms with E-state index >= 15 is 0 Å². The van der Waals surface area contributed by atoms with Crippen LogP contribution in [-0.4, -0.2) is 45.5 Å². The Kier molecular flexibility index (Phi) is 7.09. The van der Waals surface area contributed by atoms with E-state index in [2.05, 4.69) is 16.4 Å². The first-order valence-electron chi connectivity index (χ1n) is 11.7. The molecule has 1 aliphatic heterocycles. The Hall–Kier alpha value is -3.10. The van der Waals surface area contributed by atoms with Crippen LogP contribution in [0.2, 0.25) is 0 Å². The number of carbonyl (C=O) groups excluding carboxylic acids is 2. The number of anilines is 1. The third-order valence-electron chi connectivity index (χ3n) is 6.60. The van der Waals surface area contributed by atoms with Gasteiger partial charge >= 0.3 is 12.1 Å². The zero-order valence-corrected chi connectivity index (χ0v) is 19.2. The van der Waals surface area contributed by atoms with Gasteiger partial charge in [0.05, 0.1) is 18.4 Å². The van der Waals surface area contributed by atoms with Crippen LogP contribution in [-0.2, 0) is 23.1 Å². The standard InChI is InChI=1S/C25H29F3N4O2/c1-31-15-20(29-16-31)14-23(33)32-11-9-17(10-12-32)19-7-8-22(30-24(34)25(26,27)28)21(13-19)18-5-3-2-4-6-18/h5,7-8,13,15-17H,2-4,6,9-12,14H2,1H3,(H,30,34). The Morgan fingerprint density at radius 3 is 2.56 bits per heavy atom. The maximum absolute atomic E-state index is 12.9. The van der Waals surface area contributed by atoms with E-state index in [0.29, 0.717) is 18.7 Å². The molecular weight excluding hydrogens is 445 g/mol. The molecule has 6 nitrogen and oxygen atoms in total. The number of nitrogens with one attached hydrogen (secondary N) is 1. The first-order valence-corrected chi connectivity index (χ1v) is 11.7. The van der Waals surface area contributed by atoms with E-state index in [1.165, 1.54) is 0 Å². The van der Waals surface area contributed by atoms with Gasteiger partial charge in [0.2, 0.25) is 5.91 Å². The van der Waals surface area contributed by atoms with Crippen molar-refractivity contribution in [1.29, 1.82) is 0 Å². The first-order chi connectivity index (χ1) is 16.2. The lowest BCUT2D eigenvalue weighted by atomic mass is 9.85. The minimum atomic E-state index is -4.94. The number of hydrogen-bond donors (Lipinski definition) is 1. The molecule has 2 aliphatic rings. The summed E-state index contributed by atoms with van der Waals surface area (Å²) in [4.78, 5) is 30.3. The number of benzene rings is 1. The van der Waals surface area contributed by atoms with Crippen molar-refractivity contribution in [3.05, 3.63) is 53.6 Å². The molecule has 1 aromatic carbocycles. The fourth-order valence-electron chi connectivity index (χ4n) is 4.75. The summed E-state index contributed by atoms with van der Waals surface area (Å²) in [6.07, 6.45) is 6.15. The van der Waals surface area contributed by atoms with Crippen LogP contribution < -0.4 is 5.32 Å². The number of hydrogen-bond acceptors (Lipinski definition) is 3. The number of halogens is 3. The number of allylic oxidation sites excluding steroid dienone is 2. The van der Waals surface area contributed by atoms with Gasteiger partial charge in [0, 0.05) is 37.6 Å². The lowest BCUT2D eigenvalue weighted by Gasteiger charge is -2.32. The quantitative estimate of drug-likeness (QED) is 0.675. The summed E-state index contributed by atoms with van der Waals surface area (Å²) in [6.45, 7) is 1.25. The van der Waals surface area contributed by atoms with Gasteiger partial charge in [-0.3, -0.25) is 9.59 Å². The van der Waals surface area contributed by atoms with Crippen LogP contribution in [0.3, 0.4) is 0 Å². The van der Waals surface area contributed by atoms with Crippen molar-refractivity contribution < 1.29 is 22.8 Å². The average molecular weight is 475 g/mol. The lowest BCUT2D eigenvalue weighted by molar-refractivity contribution is -0.167. The highest BCUT2D eigenvalue weighted by Crippen LogP contribution is 2.37. The van der Waals surface area contributed by atoms with Crippen LogP contribution in [0, 0.1) is 0 Å². The summed E-state index contributed by atoms with van der Waals surface area (Å²) in [6, 6.07) is 5.32. The summed E-state index contributed by atoms with van der Waals surface area (Å²) in [5.74, 6) is -1.71. The molecule has 0 radical (unpaired) electrons. The third-order valence-corrected chi connectivity index (χ3v) is 6.60. The molecule has 0 spiro atoms. The second-order valence-electron chi connectivity index (χ2n) is 9.09. The van der Waals surface area contributed by atoms with Crippen molar-refractivity contribution in [3.8, 4) is 0 Å². The highest BCUT2D eigenvalue weighted by Gasteiger charge is 2.39. The fourth-order valence-corrected chi connectivity index (χ4v) is 4.75. The van der Waals surface area contributed by atoms with E-state index in [-0.39, 0.29) is 23.9 Å². The second kappa shape index (κ2) is 10.0. The molecule has 1 aliphatic carbocycles. The van der Waals surface area contributed by atoms with Crippen molar-refractivity contribution in [3.63, 3.8) is 0 Å². The van der Waals surface area contributed by atoms with Gasteiger partial charge in [0.15, 0.2) is 0 Å². The Balaban J connectivity index is 1.47. The molecule has 1 saturated heterocycles. The highest BCUT2D eigenvalue weighted by atomic mass is 19.4. The van der Waals surface area contributed by atoms with Crippen LogP contribution in [0.4, 0.5) is 18.9 Å². The summed E-state index contributed by atoms with van der Waals surface area (Å²) in [5.41, 5.74) is 3.62. The monoisotopic (exact) mass is 474 g/mol. The number of aryl methyl sites for hydroxylation is 1. The zero-order chi connectivity index (χ0) is 24.3. The molecule has 0 saturated carbocycles. The molecule has 0 unspecified atom stereocenters. The van der Waals surface area contributed by atoms with Gasteiger partial charge in [0.1, 0.15) is 0 Å². The van der Waals surface area contributed by atoms with Gasteiger partial charge in [-0.25, -0.2) is 4.98 Å². The predicted octanol–water partition coefficient (Wildman–Crippen LogP) is 4.83. The van der Waals surface area contributed by atoms with Gasteiger partial charge in [-0.15, -0.1) is 0 Å². The van der Waals surface area contributed by atoms with Gasteiger partial charge in [-0.1, -0.05) is 12.1 Å². The van der Waals surface area contributed by atoms with Gasteiger partial charge in [0.25, 0.3) is 0 Å². The Labute approximate surface area is 196 Å². The minimum absolute atomic E-state index is 0.0513. The van der Waals surface area contributed by atoms with Gasteiger partial charge < -0.3 is 14.8 Å². The third kappa shape index (κ3) is 5.69. The number of imidazole rings is 1. The van der Waals surface area contributed by atoms with Gasteiger partial charge in [-0.2, -0.15) is 13.2 Å². The molecular formula is C25H29F3N4O2. The van der Waals surface area contributed by atoms with Crippen LogP contribution in [0.25, 0.3) is 5.57 Å². The number of piperidine rings is 1. The maximum Gasteiger partial charge on any atom is 0.471 e. The van der Waals surface area contributed by atoms with E-state index in [9.17, 15) is 22.8 Å². The number of aromatic nitrogens is 2. The molecule has 0 bridgehead atoms. The van der Waals surface area contributed by atoms with E-state index in [4.69, 9.17) is 0 Å².